The first-order valence-corrected chi connectivity index (χ1v) is 3.05. The topological polar surface area (TPSA) is 101 Å². The lowest BCUT2D eigenvalue weighted by Gasteiger charge is -1.95. The van der Waals surface area contributed by atoms with Crippen molar-refractivity contribution in [2.75, 3.05) is 0 Å². The van der Waals surface area contributed by atoms with Crippen LogP contribution in [0.1, 0.15) is 6.92 Å². The summed E-state index contributed by atoms with van der Waals surface area (Å²) in [6.45, 7) is 1.38. The third-order valence-electron chi connectivity index (χ3n) is 1.05. The summed E-state index contributed by atoms with van der Waals surface area (Å²) in [5.41, 5.74) is 5.04. The molecule has 5 heteroatoms. The highest BCUT2D eigenvalue weighted by Gasteiger charge is 2.05. The van der Waals surface area contributed by atoms with E-state index in [-0.39, 0.29) is 11.3 Å². The second-order valence-corrected chi connectivity index (χ2v) is 2.07. The maximum absolute atomic E-state index is 10.4. The van der Waals surface area contributed by atoms with E-state index in [1.807, 2.05) is 0 Å². The van der Waals surface area contributed by atoms with Gasteiger partial charge in [-0.1, -0.05) is 0 Å². The maximum Gasteiger partial charge on any atom is 0.337 e. The first-order valence-electron chi connectivity index (χ1n) is 3.05. The summed E-state index contributed by atoms with van der Waals surface area (Å²) in [4.78, 5) is 20.4. The van der Waals surface area contributed by atoms with E-state index < -0.39 is 11.9 Å². The number of aliphatic carboxylic acids is 2. The molecule has 0 bridgehead atoms. The normalized spacial score (nSPS) is 12.8. The van der Waals surface area contributed by atoms with Crippen LogP contribution < -0.4 is 5.73 Å². The second kappa shape index (κ2) is 4.17. The maximum atomic E-state index is 10.4. The van der Waals surface area contributed by atoms with Crippen LogP contribution in [-0.4, -0.2) is 22.2 Å². The Hall–Kier alpha value is -1.78. The summed E-state index contributed by atoms with van der Waals surface area (Å²) in [6, 6.07) is 0. The number of carboxylic acids is 2. The summed E-state index contributed by atoms with van der Waals surface area (Å²) in [5, 5.41) is 16.7. The van der Waals surface area contributed by atoms with Gasteiger partial charge in [0, 0.05) is 11.8 Å². The van der Waals surface area contributed by atoms with E-state index in [1.165, 1.54) is 6.92 Å². The van der Waals surface area contributed by atoms with Crippen LogP contribution in [0.3, 0.4) is 0 Å². The monoisotopic (exact) mass is 171 g/mol. The molecule has 0 unspecified atom stereocenters. The summed E-state index contributed by atoms with van der Waals surface area (Å²) in [5.74, 6) is -2.46. The van der Waals surface area contributed by atoms with E-state index in [0.29, 0.717) is 0 Å². The van der Waals surface area contributed by atoms with Crippen molar-refractivity contribution in [3.63, 3.8) is 0 Å². The molecule has 66 valence electrons. The van der Waals surface area contributed by atoms with Crippen molar-refractivity contribution < 1.29 is 19.8 Å². The zero-order valence-corrected chi connectivity index (χ0v) is 6.44. The van der Waals surface area contributed by atoms with E-state index in [4.69, 9.17) is 15.9 Å². The Bertz CT molecular complexity index is 261. The van der Waals surface area contributed by atoms with Crippen molar-refractivity contribution in [3.8, 4) is 0 Å². The average Bonchev–Trinajstić information content (AvgIpc) is 1.84. The zero-order valence-electron chi connectivity index (χ0n) is 6.44. The third kappa shape index (κ3) is 3.40. The second-order valence-electron chi connectivity index (χ2n) is 2.07. The highest BCUT2D eigenvalue weighted by atomic mass is 16.4. The molecule has 0 aliphatic heterocycles. The lowest BCUT2D eigenvalue weighted by Crippen LogP contribution is -2.06. The van der Waals surface area contributed by atoms with Crippen LogP contribution in [0, 0.1) is 0 Å². The number of nitrogens with two attached hydrogens (primary N) is 1. The van der Waals surface area contributed by atoms with Crippen LogP contribution in [0.25, 0.3) is 0 Å². The van der Waals surface area contributed by atoms with Crippen molar-refractivity contribution in [1.82, 2.24) is 0 Å². The molecule has 0 aromatic carbocycles. The number of allylic oxidation sites excluding steroid dienone is 1. The van der Waals surface area contributed by atoms with Crippen molar-refractivity contribution in [2.45, 2.75) is 6.92 Å². The van der Waals surface area contributed by atoms with Crippen LogP contribution in [0.15, 0.2) is 23.4 Å². The predicted octanol–water partition coefficient (Wildman–Crippen LogP) is -0.0555. The van der Waals surface area contributed by atoms with Gasteiger partial charge in [0.15, 0.2) is 0 Å². The van der Waals surface area contributed by atoms with Gasteiger partial charge in [-0.2, -0.15) is 0 Å². The molecular weight excluding hydrogens is 162 g/mol. The van der Waals surface area contributed by atoms with Crippen molar-refractivity contribution in [1.29, 1.82) is 0 Å². The van der Waals surface area contributed by atoms with E-state index >= 15 is 0 Å². The summed E-state index contributed by atoms with van der Waals surface area (Å²) in [7, 11) is 0. The first-order chi connectivity index (χ1) is 5.45. The fourth-order valence-electron chi connectivity index (χ4n) is 0.526. The fraction of sp³-hybridized carbons (Fsp3) is 0.143. The summed E-state index contributed by atoms with van der Waals surface area (Å²) in [6.07, 6.45) is 1.67. The molecule has 0 heterocycles. The van der Waals surface area contributed by atoms with Gasteiger partial charge in [-0.15, -0.1) is 0 Å². The highest BCUT2D eigenvalue weighted by Crippen LogP contribution is 2.00. The molecule has 0 radical (unpaired) electrons. The molecule has 0 saturated carbocycles. The van der Waals surface area contributed by atoms with Gasteiger partial charge in [0.1, 0.15) is 0 Å². The standard InChI is InChI=1S/C7H9NO4/c1-4(8)5(7(11)12)2-3-6(9)10/h2-3H,8H2,1H3,(H,9,10)(H,11,12)/b3-2+,5-4-. The Morgan fingerprint density at radius 3 is 2.00 bits per heavy atom. The minimum Gasteiger partial charge on any atom is -0.478 e. The average molecular weight is 171 g/mol. The molecule has 0 aliphatic carbocycles. The molecular formula is C7H9NO4. The predicted molar refractivity (Wildman–Crippen MR) is 41.3 cm³/mol. The molecule has 5 nitrogen and oxygen atoms in total. The number of carbonyl (C=O) groups is 2. The van der Waals surface area contributed by atoms with Crippen molar-refractivity contribution >= 4 is 11.9 Å². The van der Waals surface area contributed by atoms with Gasteiger partial charge >= 0.3 is 11.9 Å². The molecule has 0 spiro atoms. The quantitative estimate of drug-likeness (QED) is 0.408. The van der Waals surface area contributed by atoms with Crippen LogP contribution in [0.4, 0.5) is 0 Å². The molecule has 0 saturated heterocycles. The smallest absolute Gasteiger partial charge is 0.337 e. The van der Waals surface area contributed by atoms with Gasteiger partial charge in [-0.3, -0.25) is 0 Å². The molecule has 0 rings (SSSR count). The van der Waals surface area contributed by atoms with Gasteiger partial charge in [0.25, 0.3) is 0 Å². The van der Waals surface area contributed by atoms with Crippen molar-refractivity contribution in [3.05, 3.63) is 23.4 Å². The highest BCUT2D eigenvalue weighted by molar-refractivity contribution is 5.92. The van der Waals surface area contributed by atoms with Gasteiger partial charge < -0.3 is 15.9 Å². The summed E-state index contributed by atoms with van der Waals surface area (Å²) >= 11 is 0. The largest absolute Gasteiger partial charge is 0.478 e. The van der Waals surface area contributed by atoms with E-state index in [2.05, 4.69) is 0 Å². The molecule has 12 heavy (non-hydrogen) atoms. The molecule has 0 fully saturated rings. The van der Waals surface area contributed by atoms with Crippen LogP contribution in [-0.2, 0) is 9.59 Å². The Balaban J connectivity index is 4.70. The number of rotatable bonds is 3. The minimum atomic E-state index is -1.24. The lowest BCUT2D eigenvalue weighted by molar-refractivity contribution is -0.132. The number of carboxylic acid groups (broad SMARTS) is 2. The van der Waals surface area contributed by atoms with Crippen molar-refractivity contribution in [2.24, 2.45) is 5.73 Å². The molecule has 0 atom stereocenters. The molecule has 0 aliphatic rings. The third-order valence-corrected chi connectivity index (χ3v) is 1.05. The minimum absolute atomic E-state index is 0.0694. The van der Waals surface area contributed by atoms with Crippen LogP contribution in [0.2, 0.25) is 0 Å². The number of hydrogen-bond acceptors (Lipinski definition) is 3. The van der Waals surface area contributed by atoms with Crippen LogP contribution in [0.5, 0.6) is 0 Å². The lowest BCUT2D eigenvalue weighted by atomic mass is 10.2. The van der Waals surface area contributed by atoms with Gasteiger partial charge in [0.2, 0.25) is 0 Å². The Morgan fingerprint density at radius 1 is 1.25 bits per heavy atom. The zero-order chi connectivity index (χ0) is 9.72. The Kier molecular flexibility index (Phi) is 3.55. The molecule has 0 aromatic rings. The van der Waals surface area contributed by atoms with E-state index in [1.54, 1.807) is 0 Å². The number of hydrogen-bond donors (Lipinski definition) is 3. The Labute approximate surface area is 68.8 Å². The molecule has 0 amide bonds. The first kappa shape index (κ1) is 10.2. The van der Waals surface area contributed by atoms with E-state index in [0.717, 1.165) is 12.2 Å². The van der Waals surface area contributed by atoms with Gasteiger partial charge in [-0.25, -0.2) is 9.59 Å². The fourth-order valence-corrected chi connectivity index (χ4v) is 0.526. The molecule has 0 aromatic heterocycles. The Morgan fingerprint density at radius 2 is 1.75 bits per heavy atom. The summed E-state index contributed by atoms with van der Waals surface area (Å²) < 4.78 is 0. The van der Waals surface area contributed by atoms with Crippen LogP contribution >= 0.6 is 0 Å². The van der Waals surface area contributed by atoms with Gasteiger partial charge in [-0.05, 0) is 13.0 Å². The SMILES string of the molecule is C/C(N)=C(\C=C\C(=O)O)C(=O)O. The van der Waals surface area contributed by atoms with E-state index in [9.17, 15) is 9.59 Å². The van der Waals surface area contributed by atoms with Gasteiger partial charge in [0.05, 0.1) is 5.57 Å². The molecule has 4 N–H and O–H groups in total.